The second kappa shape index (κ2) is 9.60. The summed E-state index contributed by atoms with van der Waals surface area (Å²) in [5.74, 6) is -0.429. The van der Waals surface area contributed by atoms with E-state index in [2.05, 4.69) is 28.4 Å². The van der Waals surface area contributed by atoms with Crippen molar-refractivity contribution in [2.45, 2.75) is 32.8 Å². The molecule has 1 fully saturated rings. The summed E-state index contributed by atoms with van der Waals surface area (Å²) in [5.41, 5.74) is 2.39. The fourth-order valence-corrected chi connectivity index (χ4v) is 3.67. The molecule has 3 rings (SSSR count). The number of benzene rings is 2. The number of halogens is 3. The van der Waals surface area contributed by atoms with E-state index in [-0.39, 0.29) is 18.2 Å². The number of alkyl halides is 3. The first-order valence-corrected chi connectivity index (χ1v) is 10.3. The predicted octanol–water partition coefficient (Wildman–Crippen LogP) is 4.39. The lowest BCUT2D eigenvalue weighted by Crippen LogP contribution is -2.48. The Morgan fingerprint density at radius 2 is 1.58 bits per heavy atom. The van der Waals surface area contributed by atoms with E-state index < -0.39 is 6.36 Å². The van der Waals surface area contributed by atoms with Crippen LogP contribution < -0.4 is 9.64 Å². The van der Waals surface area contributed by atoms with Crippen molar-refractivity contribution < 1.29 is 22.7 Å². The summed E-state index contributed by atoms with van der Waals surface area (Å²) in [4.78, 5) is 19.0. The molecular formula is C23H28F3N3O2. The third-order valence-electron chi connectivity index (χ3n) is 5.45. The number of rotatable bonds is 6. The first-order valence-electron chi connectivity index (χ1n) is 10.3. The molecule has 0 unspecified atom stereocenters. The monoisotopic (exact) mass is 435 g/mol. The van der Waals surface area contributed by atoms with Crippen molar-refractivity contribution in [1.29, 1.82) is 0 Å². The Morgan fingerprint density at radius 3 is 2.10 bits per heavy atom. The number of anilines is 1. The highest BCUT2D eigenvalue weighted by Crippen LogP contribution is 2.23. The van der Waals surface area contributed by atoms with Gasteiger partial charge in [-0.25, -0.2) is 0 Å². The number of hydrogen-bond donors (Lipinski definition) is 0. The summed E-state index contributed by atoms with van der Waals surface area (Å²) in [6.07, 6.45) is -4.72. The van der Waals surface area contributed by atoms with Crippen molar-refractivity contribution in [3.05, 3.63) is 59.7 Å². The third kappa shape index (κ3) is 6.37. The third-order valence-corrected chi connectivity index (χ3v) is 5.45. The second-order valence-electron chi connectivity index (χ2n) is 8.02. The molecule has 0 atom stereocenters. The molecule has 2 aromatic rings. The lowest BCUT2D eigenvalue weighted by Gasteiger charge is -2.38. The van der Waals surface area contributed by atoms with E-state index in [0.717, 1.165) is 31.9 Å². The van der Waals surface area contributed by atoms with Gasteiger partial charge in [-0.15, -0.1) is 13.2 Å². The predicted molar refractivity (Wildman–Crippen MR) is 114 cm³/mol. The molecule has 0 aliphatic carbocycles. The summed E-state index contributed by atoms with van der Waals surface area (Å²) in [6.45, 7) is 8.65. The molecule has 8 heteroatoms. The van der Waals surface area contributed by atoms with Crippen molar-refractivity contribution in [2.75, 3.05) is 38.1 Å². The summed E-state index contributed by atoms with van der Waals surface area (Å²) in [7, 11) is 1.67. The molecule has 1 saturated heterocycles. The van der Waals surface area contributed by atoms with Gasteiger partial charge < -0.3 is 14.5 Å². The van der Waals surface area contributed by atoms with Gasteiger partial charge in [0.25, 0.3) is 5.91 Å². The minimum absolute atomic E-state index is 0.146. The highest BCUT2D eigenvalue weighted by molar-refractivity contribution is 5.94. The Bertz CT molecular complexity index is 859. The van der Waals surface area contributed by atoms with Gasteiger partial charge in [0, 0.05) is 57.1 Å². The van der Waals surface area contributed by atoms with Gasteiger partial charge >= 0.3 is 6.36 Å². The second-order valence-corrected chi connectivity index (χ2v) is 8.02. The van der Waals surface area contributed by atoms with Crippen molar-refractivity contribution in [1.82, 2.24) is 9.80 Å². The van der Waals surface area contributed by atoms with E-state index in [4.69, 9.17) is 0 Å². The molecule has 0 bridgehead atoms. The molecule has 0 N–H and O–H groups in total. The SMILES string of the molecule is CC(C)N1CCN(c2ccc(C(=O)N(C)Cc3ccc(OC(F)(F)F)cc3)cc2)CC1. The van der Waals surface area contributed by atoms with Gasteiger partial charge in [0.2, 0.25) is 0 Å². The quantitative estimate of drug-likeness (QED) is 0.675. The van der Waals surface area contributed by atoms with Gasteiger partial charge in [-0.1, -0.05) is 12.1 Å². The van der Waals surface area contributed by atoms with Gasteiger partial charge in [-0.05, 0) is 55.8 Å². The summed E-state index contributed by atoms with van der Waals surface area (Å²) in [5, 5.41) is 0. The molecule has 0 radical (unpaired) electrons. The molecule has 0 saturated carbocycles. The molecule has 5 nitrogen and oxygen atoms in total. The molecule has 1 amide bonds. The number of amides is 1. The zero-order valence-electron chi connectivity index (χ0n) is 18.0. The Morgan fingerprint density at radius 1 is 1.00 bits per heavy atom. The zero-order chi connectivity index (χ0) is 22.6. The maximum Gasteiger partial charge on any atom is 0.573 e. The maximum absolute atomic E-state index is 12.7. The standard InChI is InChI=1S/C23H28F3N3O2/c1-17(2)28-12-14-29(15-13-28)20-8-6-19(7-9-20)22(30)27(3)16-18-4-10-21(11-5-18)31-23(24,25)26/h4-11,17H,12-16H2,1-3H3. The highest BCUT2D eigenvalue weighted by atomic mass is 19.4. The fraction of sp³-hybridized carbons (Fsp3) is 0.435. The Balaban J connectivity index is 1.56. The first kappa shape index (κ1) is 22.9. The van der Waals surface area contributed by atoms with Crippen LogP contribution in [-0.2, 0) is 6.54 Å². The van der Waals surface area contributed by atoms with Crippen LogP contribution in [0.1, 0.15) is 29.8 Å². The van der Waals surface area contributed by atoms with Gasteiger partial charge in [0.15, 0.2) is 0 Å². The van der Waals surface area contributed by atoms with Gasteiger partial charge in [-0.2, -0.15) is 0 Å². The average Bonchev–Trinajstić information content (AvgIpc) is 2.74. The number of hydrogen-bond acceptors (Lipinski definition) is 4. The van der Waals surface area contributed by atoms with Crippen LogP contribution in [0.5, 0.6) is 5.75 Å². The lowest BCUT2D eigenvalue weighted by molar-refractivity contribution is -0.274. The number of carbonyl (C=O) groups is 1. The van der Waals surface area contributed by atoms with Crippen LogP contribution in [-0.4, -0.2) is 61.3 Å². The number of nitrogens with zero attached hydrogens (tertiary/aromatic N) is 3. The average molecular weight is 435 g/mol. The number of carbonyl (C=O) groups excluding carboxylic acids is 1. The van der Waals surface area contributed by atoms with E-state index in [1.165, 1.54) is 29.2 Å². The van der Waals surface area contributed by atoms with Gasteiger partial charge in [-0.3, -0.25) is 9.69 Å². The Hall–Kier alpha value is -2.74. The maximum atomic E-state index is 12.7. The fourth-order valence-electron chi connectivity index (χ4n) is 3.67. The molecule has 0 spiro atoms. The summed E-state index contributed by atoms with van der Waals surface area (Å²) >= 11 is 0. The summed E-state index contributed by atoms with van der Waals surface area (Å²) in [6, 6.07) is 13.7. The molecule has 1 aliphatic rings. The molecule has 1 heterocycles. The molecule has 1 aliphatic heterocycles. The van der Waals surface area contributed by atoms with Crippen LogP contribution in [0.25, 0.3) is 0 Å². The van der Waals surface area contributed by atoms with E-state index in [1.54, 1.807) is 7.05 Å². The molecular weight excluding hydrogens is 407 g/mol. The largest absolute Gasteiger partial charge is 0.573 e. The summed E-state index contributed by atoms with van der Waals surface area (Å²) < 4.78 is 40.7. The van der Waals surface area contributed by atoms with E-state index in [9.17, 15) is 18.0 Å². The van der Waals surface area contributed by atoms with Crippen LogP contribution >= 0.6 is 0 Å². The van der Waals surface area contributed by atoms with E-state index >= 15 is 0 Å². The van der Waals surface area contributed by atoms with Gasteiger partial charge in [0.05, 0.1) is 0 Å². The van der Waals surface area contributed by atoms with Crippen LogP contribution in [0.15, 0.2) is 48.5 Å². The zero-order valence-corrected chi connectivity index (χ0v) is 18.0. The van der Waals surface area contributed by atoms with Crippen molar-refractivity contribution in [3.8, 4) is 5.75 Å². The molecule has 168 valence electrons. The highest BCUT2D eigenvalue weighted by Gasteiger charge is 2.31. The Kier molecular flexibility index (Phi) is 7.10. The molecule has 2 aromatic carbocycles. The minimum atomic E-state index is -4.72. The smallest absolute Gasteiger partial charge is 0.406 e. The van der Waals surface area contributed by atoms with Crippen LogP contribution in [0.4, 0.5) is 18.9 Å². The number of ether oxygens (including phenoxy) is 1. The van der Waals surface area contributed by atoms with Crippen molar-refractivity contribution >= 4 is 11.6 Å². The van der Waals surface area contributed by atoms with E-state index in [0.29, 0.717) is 17.2 Å². The van der Waals surface area contributed by atoms with Crippen molar-refractivity contribution in [2.24, 2.45) is 0 Å². The topological polar surface area (TPSA) is 36.0 Å². The van der Waals surface area contributed by atoms with Crippen LogP contribution in [0.2, 0.25) is 0 Å². The van der Waals surface area contributed by atoms with E-state index in [1.807, 2.05) is 24.3 Å². The first-order chi connectivity index (χ1) is 14.6. The molecule has 31 heavy (non-hydrogen) atoms. The molecule has 0 aromatic heterocycles. The Labute approximate surface area is 181 Å². The van der Waals surface area contributed by atoms with Crippen LogP contribution in [0, 0.1) is 0 Å². The van der Waals surface area contributed by atoms with Crippen LogP contribution in [0.3, 0.4) is 0 Å². The lowest BCUT2D eigenvalue weighted by atomic mass is 10.1. The van der Waals surface area contributed by atoms with Crippen molar-refractivity contribution in [3.63, 3.8) is 0 Å². The number of piperazine rings is 1. The van der Waals surface area contributed by atoms with Gasteiger partial charge in [0.1, 0.15) is 5.75 Å². The normalized spacial score (nSPS) is 15.3. The minimum Gasteiger partial charge on any atom is -0.406 e.